The Morgan fingerprint density at radius 3 is 2.96 bits per heavy atom. The van der Waals surface area contributed by atoms with Gasteiger partial charge in [-0.05, 0) is 23.8 Å². The fourth-order valence-corrected chi connectivity index (χ4v) is 2.23. The van der Waals surface area contributed by atoms with Gasteiger partial charge in [0.05, 0.1) is 13.2 Å². The number of carbonyl (C=O) groups excluding carboxylic acids is 1. The van der Waals surface area contributed by atoms with Crippen LogP contribution in [0.2, 0.25) is 0 Å². The van der Waals surface area contributed by atoms with E-state index in [1.165, 1.54) is 23.9 Å². The second-order valence-corrected chi connectivity index (χ2v) is 5.14. The molecule has 1 aliphatic heterocycles. The van der Waals surface area contributed by atoms with Gasteiger partial charge in [-0.15, -0.1) is 0 Å². The van der Waals surface area contributed by atoms with Crippen molar-refractivity contribution in [3.63, 3.8) is 0 Å². The van der Waals surface area contributed by atoms with Gasteiger partial charge in [-0.25, -0.2) is 4.68 Å². The summed E-state index contributed by atoms with van der Waals surface area (Å²) in [4.78, 5) is 23.9. The van der Waals surface area contributed by atoms with E-state index in [-0.39, 0.29) is 24.0 Å². The summed E-state index contributed by atoms with van der Waals surface area (Å²) in [5.41, 5.74) is 0.770. The van der Waals surface area contributed by atoms with Crippen molar-refractivity contribution in [1.29, 1.82) is 0 Å². The van der Waals surface area contributed by atoms with Crippen molar-refractivity contribution in [2.75, 3.05) is 20.5 Å². The molecule has 0 atom stereocenters. The van der Waals surface area contributed by atoms with Crippen LogP contribution < -0.4 is 20.3 Å². The number of nitrogens with one attached hydrogen (secondary N) is 1. The summed E-state index contributed by atoms with van der Waals surface area (Å²) >= 11 is 0. The van der Waals surface area contributed by atoms with E-state index in [1.54, 1.807) is 6.07 Å². The van der Waals surface area contributed by atoms with Gasteiger partial charge in [0.2, 0.25) is 6.79 Å². The molecule has 2 heterocycles. The van der Waals surface area contributed by atoms with Crippen molar-refractivity contribution in [3.05, 3.63) is 51.9 Å². The maximum atomic E-state index is 12.2. The fraction of sp³-hybridized carbons (Fsp3) is 0.312. The monoisotopic (exact) mass is 331 g/mol. The van der Waals surface area contributed by atoms with E-state index >= 15 is 0 Å². The lowest BCUT2D eigenvalue weighted by Crippen LogP contribution is -2.30. The first-order chi connectivity index (χ1) is 11.7. The molecule has 1 N–H and O–H groups in total. The maximum Gasteiger partial charge on any atom is 0.271 e. The summed E-state index contributed by atoms with van der Waals surface area (Å²) in [7, 11) is 1.53. The largest absolute Gasteiger partial charge is 0.454 e. The minimum atomic E-state index is -0.362. The van der Waals surface area contributed by atoms with Crippen molar-refractivity contribution >= 4 is 5.91 Å². The molecule has 0 spiro atoms. The molecule has 0 saturated carbocycles. The highest BCUT2D eigenvalue weighted by atomic mass is 16.7. The van der Waals surface area contributed by atoms with Gasteiger partial charge in [0.25, 0.3) is 11.5 Å². The van der Waals surface area contributed by atoms with E-state index < -0.39 is 0 Å². The molecule has 0 unspecified atom stereocenters. The van der Waals surface area contributed by atoms with Crippen LogP contribution in [0.4, 0.5) is 0 Å². The highest BCUT2D eigenvalue weighted by Crippen LogP contribution is 2.32. The molecule has 1 aromatic carbocycles. The van der Waals surface area contributed by atoms with E-state index in [0.717, 1.165) is 5.56 Å². The van der Waals surface area contributed by atoms with Crippen LogP contribution in [0.15, 0.2) is 35.1 Å². The molecule has 2 aromatic rings. The molecule has 0 fully saturated rings. The Hall–Kier alpha value is -2.87. The second-order valence-electron chi connectivity index (χ2n) is 5.14. The van der Waals surface area contributed by atoms with Gasteiger partial charge in [0.15, 0.2) is 11.5 Å². The van der Waals surface area contributed by atoms with Gasteiger partial charge in [-0.2, -0.15) is 5.10 Å². The zero-order valence-electron chi connectivity index (χ0n) is 13.2. The Labute approximate surface area is 138 Å². The van der Waals surface area contributed by atoms with Crippen LogP contribution in [-0.4, -0.2) is 36.2 Å². The smallest absolute Gasteiger partial charge is 0.271 e. The van der Waals surface area contributed by atoms with E-state index in [2.05, 4.69) is 10.4 Å². The fourth-order valence-electron chi connectivity index (χ4n) is 2.23. The number of hydrogen-bond acceptors (Lipinski definition) is 6. The molecule has 3 rings (SSSR count). The van der Waals surface area contributed by atoms with Crippen LogP contribution in [0.1, 0.15) is 16.1 Å². The highest BCUT2D eigenvalue weighted by Gasteiger charge is 2.14. The van der Waals surface area contributed by atoms with Crippen molar-refractivity contribution in [3.8, 4) is 11.5 Å². The number of hydrogen-bond donors (Lipinski definition) is 1. The predicted molar refractivity (Wildman–Crippen MR) is 84.1 cm³/mol. The standard InChI is InChI=1S/C16H17N3O5/c1-22-7-6-19-15(20)5-3-12(18-19)16(21)17-9-11-2-4-13-14(8-11)24-10-23-13/h2-5,8H,6-7,9-10H2,1H3,(H,17,21). The average molecular weight is 331 g/mol. The number of ether oxygens (including phenoxy) is 3. The van der Waals surface area contributed by atoms with Gasteiger partial charge >= 0.3 is 0 Å². The quantitative estimate of drug-likeness (QED) is 0.831. The molecule has 0 saturated heterocycles. The van der Waals surface area contributed by atoms with Crippen LogP contribution in [-0.2, 0) is 17.8 Å². The summed E-state index contributed by atoms with van der Waals surface area (Å²) in [6, 6.07) is 8.18. The van der Waals surface area contributed by atoms with Crippen molar-refractivity contribution < 1.29 is 19.0 Å². The molecule has 24 heavy (non-hydrogen) atoms. The topological polar surface area (TPSA) is 91.7 Å². The third kappa shape index (κ3) is 3.54. The van der Waals surface area contributed by atoms with Crippen molar-refractivity contribution in [2.24, 2.45) is 0 Å². The first kappa shape index (κ1) is 16.0. The Balaban J connectivity index is 1.65. The van der Waals surface area contributed by atoms with Gasteiger partial charge in [0.1, 0.15) is 5.69 Å². The number of benzene rings is 1. The lowest BCUT2D eigenvalue weighted by atomic mass is 10.2. The summed E-state index contributed by atoms with van der Waals surface area (Å²) in [5, 5.41) is 6.81. The summed E-state index contributed by atoms with van der Waals surface area (Å²) in [5.74, 6) is 0.990. The maximum absolute atomic E-state index is 12.2. The SMILES string of the molecule is COCCn1nc(C(=O)NCc2ccc3c(c2)OCO3)ccc1=O. The third-order valence-corrected chi connectivity index (χ3v) is 3.50. The summed E-state index contributed by atoms with van der Waals surface area (Å²) in [6.07, 6.45) is 0. The second kappa shape index (κ2) is 7.14. The van der Waals surface area contributed by atoms with Gasteiger partial charge in [-0.3, -0.25) is 9.59 Å². The van der Waals surface area contributed by atoms with Crippen LogP contribution in [0.3, 0.4) is 0 Å². The van der Waals surface area contributed by atoms with Crippen LogP contribution in [0.25, 0.3) is 0 Å². The molecular formula is C16H17N3O5. The van der Waals surface area contributed by atoms with E-state index in [4.69, 9.17) is 14.2 Å². The number of nitrogens with zero attached hydrogens (tertiary/aromatic N) is 2. The highest BCUT2D eigenvalue weighted by molar-refractivity contribution is 5.91. The lowest BCUT2D eigenvalue weighted by Gasteiger charge is -2.08. The first-order valence-electron chi connectivity index (χ1n) is 7.41. The van der Waals surface area contributed by atoms with Gasteiger partial charge < -0.3 is 19.5 Å². The van der Waals surface area contributed by atoms with Gasteiger partial charge in [-0.1, -0.05) is 6.07 Å². The molecular weight excluding hydrogens is 314 g/mol. The minimum Gasteiger partial charge on any atom is -0.454 e. The molecule has 0 aliphatic carbocycles. The number of amides is 1. The Morgan fingerprint density at radius 1 is 1.29 bits per heavy atom. The van der Waals surface area contributed by atoms with Crippen LogP contribution in [0, 0.1) is 0 Å². The third-order valence-electron chi connectivity index (χ3n) is 3.50. The molecule has 126 valence electrons. The zero-order chi connectivity index (χ0) is 16.9. The van der Waals surface area contributed by atoms with E-state index in [9.17, 15) is 9.59 Å². The Morgan fingerprint density at radius 2 is 2.12 bits per heavy atom. The minimum absolute atomic E-state index is 0.173. The molecule has 0 radical (unpaired) electrons. The average Bonchev–Trinajstić information content (AvgIpc) is 3.06. The molecule has 1 amide bonds. The van der Waals surface area contributed by atoms with Crippen LogP contribution in [0.5, 0.6) is 11.5 Å². The normalized spacial score (nSPS) is 12.2. The molecule has 1 aromatic heterocycles. The Bertz CT molecular complexity index is 803. The van der Waals surface area contributed by atoms with Crippen LogP contribution >= 0.6 is 0 Å². The van der Waals surface area contributed by atoms with Crippen molar-refractivity contribution in [1.82, 2.24) is 15.1 Å². The van der Waals surface area contributed by atoms with E-state index in [1.807, 2.05) is 12.1 Å². The first-order valence-corrected chi connectivity index (χ1v) is 7.41. The van der Waals surface area contributed by atoms with Crippen molar-refractivity contribution in [2.45, 2.75) is 13.1 Å². The molecule has 0 bridgehead atoms. The van der Waals surface area contributed by atoms with Gasteiger partial charge in [0, 0.05) is 19.7 Å². The number of aromatic nitrogens is 2. The molecule has 8 nitrogen and oxygen atoms in total. The number of methoxy groups -OCH3 is 1. The summed E-state index contributed by atoms with van der Waals surface area (Å²) in [6.45, 7) is 1.15. The summed E-state index contributed by atoms with van der Waals surface area (Å²) < 4.78 is 16.7. The number of rotatable bonds is 6. The molecule has 1 aliphatic rings. The predicted octanol–water partition coefficient (Wildman–Crippen LogP) is 0.548. The van der Waals surface area contributed by atoms with E-state index in [0.29, 0.717) is 31.2 Å². The Kier molecular flexibility index (Phi) is 4.76. The lowest BCUT2D eigenvalue weighted by molar-refractivity contribution is 0.0942. The number of fused-ring (bicyclic) bond motifs is 1. The zero-order valence-corrected chi connectivity index (χ0v) is 13.2. The molecule has 8 heteroatoms. The number of carbonyl (C=O) groups is 1.